The summed E-state index contributed by atoms with van der Waals surface area (Å²) in [7, 11) is 0. The Hall–Kier alpha value is 0.210. The van der Waals surface area contributed by atoms with Crippen molar-refractivity contribution in [2.75, 3.05) is 9.36 Å². The molecule has 0 aliphatic carbocycles. The van der Waals surface area contributed by atoms with Crippen LogP contribution in [0.15, 0.2) is 21.8 Å². The Morgan fingerprint density at radius 2 is 2.44 bits per heavy atom. The molecule has 0 radical (unpaired) electrons. The normalized spacial score (nSPS) is 22.0. The molecule has 1 heteroatoms. The van der Waals surface area contributed by atoms with E-state index < -0.39 is 19.8 Å². The Balaban J connectivity index is 2.59. The van der Waals surface area contributed by atoms with Gasteiger partial charge in [-0.3, -0.25) is 0 Å². The van der Waals surface area contributed by atoms with Crippen molar-refractivity contribution in [2.45, 2.75) is 13.3 Å². The summed E-state index contributed by atoms with van der Waals surface area (Å²) in [6.07, 6.45) is 5.83. The first-order chi connectivity index (χ1) is 4.33. The van der Waals surface area contributed by atoms with Crippen molar-refractivity contribution in [3.63, 3.8) is 0 Å². The van der Waals surface area contributed by atoms with Crippen LogP contribution in [0.25, 0.3) is 0 Å². The number of hydrogen-bond donors (Lipinski definition) is 0. The summed E-state index contributed by atoms with van der Waals surface area (Å²) in [4.78, 5) is 2.42. The van der Waals surface area contributed by atoms with Crippen LogP contribution in [0.1, 0.15) is 13.3 Å². The van der Waals surface area contributed by atoms with Crippen molar-refractivity contribution in [1.29, 1.82) is 0 Å². The number of hydrogen-bond acceptors (Lipinski definition) is 0. The van der Waals surface area contributed by atoms with Crippen molar-refractivity contribution in [3.05, 3.63) is 21.8 Å². The molecule has 1 rings (SSSR count). The standard InChI is InChI=1S/C8H13I/c1-3-8-5-4-6-9(2)7-8/h4-5,7H,3,6H2,1-2H3. The Bertz CT molecular complexity index is 145. The van der Waals surface area contributed by atoms with Gasteiger partial charge < -0.3 is 0 Å². The van der Waals surface area contributed by atoms with Crippen LogP contribution in [-0.2, 0) is 0 Å². The first kappa shape index (κ1) is 7.32. The molecule has 0 nitrogen and oxygen atoms in total. The third-order valence-corrected chi connectivity index (χ3v) is 5.16. The van der Waals surface area contributed by atoms with Crippen LogP contribution in [0.2, 0.25) is 0 Å². The van der Waals surface area contributed by atoms with Gasteiger partial charge in [-0.1, -0.05) is 0 Å². The summed E-state index contributed by atoms with van der Waals surface area (Å²) in [6.45, 7) is 2.23. The van der Waals surface area contributed by atoms with Gasteiger partial charge in [0.25, 0.3) is 0 Å². The molecule has 0 bridgehead atoms. The van der Waals surface area contributed by atoms with E-state index in [-0.39, 0.29) is 0 Å². The molecule has 1 heterocycles. The van der Waals surface area contributed by atoms with Crippen molar-refractivity contribution >= 4 is 19.8 Å². The molecule has 0 fully saturated rings. The van der Waals surface area contributed by atoms with Crippen LogP contribution in [0.4, 0.5) is 0 Å². The second-order valence-electron chi connectivity index (χ2n) is 2.23. The van der Waals surface area contributed by atoms with Crippen LogP contribution >= 0.6 is 19.8 Å². The zero-order valence-corrected chi connectivity index (χ0v) is 8.18. The molecular formula is C8H13I. The molecule has 0 spiro atoms. The van der Waals surface area contributed by atoms with Gasteiger partial charge in [-0.15, -0.1) is 0 Å². The van der Waals surface area contributed by atoms with E-state index in [1.165, 1.54) is 10.8 Å². The number of halogens is 1. The minimum absolute atomic E-state index is 0.571. The molecule has 52 valence electrons. The predicted octanol–water partition coefficient (Wildman–Crippen LogP) is 2.99. The monoisotopic (exact) mass is 236 g/mol. The van der Waals surface area contributed by atoms with E-state index in [1.54, 1.807) is 5.57 Å². The third kappa shape index (κ3) is 2.12. The van der Waals surface area contributed by atoms with Gasteiger partial charge in [0.05, 0.1) is 0 Å². The molecule has 0 atom stereocenters. The Morgan fingerprint density at radius 3 is 2.89 bits per heavy atom. The molecule has 0 aromatic heterocycles. The molecule has 0 aromatic carbocycles. The zero-order valence-electron chi connectivity index (χ0n) is 6.02. The van der Waals surface area contributed by atoms with E-state index >= 15 is 0 Å². The van der Waals surface area contributed by atoms with Crippen LogP contribution in [0.5, 0.6) is 0 Å². The van der Waals surface area contributed by atoms with Gasteiger partial charge in [0.1, 0.15) is 0 Å². The van der Waals surface area contributed by atoms with Gasteiger partial charge in [0.15, 0.2) is 0 Å². The molecule has 0 amide bonds. The number of rotatable bonds is 1. The fourth-order valence-electron chi connectivity index (χ4n) is 0.852. The molecule has 0 aromatic rings. The SMILES string of the molecule is CCC1=CI(C)CC=C1. The van der Waals surface area contributed by atoms with Gasteiger partial charge in [-0.05, 0) is 0 Å². The van der Waals surface area contributed by atoms with Crippen LogP contribution in [0, 0.1) is 0 Å². The Morgan fingerprint density at radius 1 is 1.67 bits per heavy atom. The molecule has 0 saturated carbocycles. The number of allylic oxidation sites excluding steroid dienone is 3. The van der Waals surface area contributed by atoms with Crippen molar-refractivity contribution < 1.29 is 0 Å². The summed E-state index contributed by atoms with van der Waals surface area (Å²) in [5, 5.41) is 0. The summed E-state index contributed by atoms with van der Waals surface area (Å²) < 4.78 is 3.90. The number of alkyl halides is 2. The molecule has 9 heavy (non-hydrogen) atoms. The van der Waals surface area contributed by atoms with E-state index in [0.717, 1.165) is 0 Å². The van der Waals surface area contributed by atoms with Crippen molar-refractivity contribution in [1.82, 2.24) is 0 Å². The maximum atomic E-state index is 2.52. The quantitative estimate of drug-likeness (QED) is 0.485. The second kappa shape index (κ2) is 3.40. The maximum absolute atomic E-state index is 2.52. The zero-order chi connectivity index (χ0) is 6.69. The van der Waals surface area contributed by atoms with E-state index in [0.29, 0.717) is 0 Å². The Labute approximate surface area is 64.4 Å². The van der Waals surface area contributed by atoms with Crippen molar-refractivity contribution in [2.24, 2.45) is 0 Å². The average molecular weight is 236 g/mol. The summed E-state index contributed by atoms with van der Waals surface area (Å²) in [5.74, 6) is 0. The predicted molar refractivity (Wildman–Crippen MR) is 52.3 cm³/mol. The molecule has 0 saturated heterocycles. The van der Waals surface area contributed by atoms with E-state index in [4.69, 9.17) is 0 Å². The topological polar surface area (TPSA) is 0 Å². The van der Waals surface area contributed by atoms with Gasteiger partial charge in [0.2, 0.25) is 0 Å². The van der Waals surface area contributed by atoms with Gasteiger partial charge in [-0.2, -0.15) is 0 Å². The minimum atomic E-state index is -0.571. The van der Waals surface area contributed by atoms with Crippen LogP contribution in [-0.4, -0.2) is 9.36 Å². The second-order valence-corrected chi connectivity index (χ2v) is 7.39. The molecule has 0 unspecified atom stereocenters. The van der Waals surface area contributed by atoms with Crippen LogP contribution in [0.3, 0.4) is 0 Å². The fraction of sp³-hybridized carbons (Fsp3) is 0.500. The summed E-state index contributed by atoms with van der Waals surface area (Å²) in [6, 6.07) is 0. The van der Waals surface area contributed by atoms with E-state index in [1.807, 2.05) is 0 Å². The first-order valence-corrected chi connectivity index (χ1v) is 8.17. The van der Waals surface area contributed by atoms with Crippen LogP contribution < -0.4 is 0 Å². The average Bonchev–Trinajstić information content (AvgIpc) is 1.88. The molecule has 1 aliphatic rings. The van der Waals surface area contributed by atoms with Gasteiger partial charge in [0, 0.05) is 0 Å². The fourth-order valence-corrected chi connectivity index (χ4v) is 4.18. The molecule has 0 N–H and O–H groups in total. The van der Waals surface area contributed by atoms with Gasteiger partial charge >= 0.3 is 64.3 Å². The molecular weight excluding hydrogens is 223 g/mol. The third-order valence-electron chi connectivity index (χ3n) is 1.40. The Kier molecular flexibility index (Phi) is 2.76. The van der Waals surface area contributed by atoms with E-state index in [9.17, 15) is 0 Å². The van der Waals surface area contributed by atoms with Gasteiger partial charge in [-0.25, -0.2) is 0 Å². The summed E-state index contributed by atoms with van der Waals surface area (Å²) >= 11 is -0.571. The molecule has 1 aliphatic heterocycles. The summed E-state index contributed by atoms with van der Waals surface area (Å²) in [5.41, 5.74) is 1.56. The first-order valence-electron chi connectivity index (χ1n) is 3.24. The van der Waals surface area contributed by atoms with E-state index in [2.05, 4.69) is 28.1 Å². The van der Waals surface area contributed by atoms with Crippen molar-refractivity contribution in [3.8, 4) is 0 Å².